The van der Waals surface area contributed by atoms with Crippen molar-refractivity contribution in [2.45, 2.75) is 9.79 Å². The first-order valence-electron chi connectivity index (χ1n) is 4.67. The van der Waals surface area contributed by atoms with Gasteiger partial charge in [-0.05, 0) is 0 Å². The zero-order chi connectivity index (χ0) is 12.4. The molecule has 0 fully saturated rings. The van der Waals surface area contributed by atoms with Gasteiger partial charge in [-0.25, -0.2) is 0 Å². The van der Waals surface area contributed by atoms with Crippen molar-refractivity contribution in [3.63, 3.8) is 0 Å². The van der Waals surface area contributed by atoms with Gasteiger partial charge >= 0.3 is 134 Å². The Morgan fingerprint density at radius 2 is 1.59 bits per heavy atom. The summed E-state index contributed by atoms with van der Waals surface area (Å²) in [4.78, 5) is 2.08. The molecule has 2 rings (SSSR count). The molecule has 0 amide bonds. The molecule has 0 aliphatic heterocycles. The number of rotatable bonds is 2. The van der Waals surface area contributed by atoms with Gasteiger partial charge in [0.25, 0.3) is 0 Å². The van der Waals surface area contributed by atoms with E-state index in [0.717, 1.165) is 13.4 Å². The van der Waals surface area contributed by atoms with Crippen LogP contribution in [0.15, 0.2) is 46.2 Å². The van der Waals surface area contributed by atoms with Crippen molar-refractivity contribution in [2.75, 3.05) is 0 Å². The van der Waals surface area contributed by atoms with Crippen LogP contribution in [0.4, 0.5) is 0 Å². The molecule has 0 aliphatic rings. The third kappa shape index (κ3) is 3.26. The molecule has 0 N–H and O–H groups in total. The molecule has 0 aliphatic carbocycles. The standard InChI is InChI=1S/C12H6Cl3STe/c13-8-6-9(17)12(11(15)10(8)14)16-7-4-2-1-3-5-7/h1-6H. The average molecular weight is 416 g/mol. The summed E-state index contributed by atoms with van der Waals surface area (Å²) in [6, 6.07) is 11.9. The van der Waals surface area contributed by atoms with Gasteiger partial charge in [-0.3, -0.25) is 0 Å². The molecule has 0 bridgehead atoms. The molecule has 0 unspecified atom stereocenters. The van der Waals surface area contributed by atoms with Crippen molar-refractivity contribution in [2.24, 2.45) is 0 Å². The first-order valence-corrected chi connectivity index (χ1v) is 7.78. The van der Waals surface area contributed by atoms with Crippen molar-refractivity contribution >= 4 is 72.5 Å². The Morgan fingerprint density at radius 3 is 2.24 bits per heavy atom. The van der Waals surface area contributed by atoms with Crippen molar-refractivity contribution in [1.29, 1.82) is 0 Å². The second-order valence-electron chi connectivity index (χ2n) is 3.23. The molecule has 0 saturated heterocycles. The van der Waals surface area contributed by atoms with Gasteiger partial charge in [0.1, 0.15) is 0 Å². The van der Waals surface area contributed by atoms with Crippen molar-refractivity contribution < 1.29 is 0 Å². The van der Waals surface area contributed by atoms with Gasteiger partial charge in [0.05, 0.1) is 0 Å². The van der Waals surface area contributed by atoms with E-state index in [1.165, 1.54) is 0 Å². The topological polar surface area (TPSA) is 0 Å². The molecule has 17 heavy (non-hydrogen) atoms. The molecule has 0 aromatic heterocycles. The molecular weight excluding hydrogens is 410 g/mol. The van der Waals surface area contributed by atoms with E-state index in [9.17, 15) is 0 Å². The number of hydrogen-bond acceptors (Lipinski definition) is 1. The molecule has 0 nitrogen and oxygen atoms in total. The zero-order valence-corrected chi connectivity index (χ0v) is 13.8. The van der Waals surface area contributed by atoms with E-state index in [0.29, 0.717) is 15.1 Å². The van der Waals surface area contributed by atoms with E-state index in [-0.39, 0.29) is 0 Å². The summed E-state index contributed by atoms with van der Waals surface area (Å²) in [6.45, 7) is 0. The molecule has 5 heteroatoms. The summed E-state index contributed by atoms with van der Waals surface area (Å²) in [5.74, 6) is 0. The van der Waals surface area contributed by atoms with Crippen molar-refractivity contribution in [3.8, 4) is 0 Å². The molecule has 0 heterocycles. The predicted octanol–water partition coefficient (Wildman–Crippen LogP) is 4.59. The first-order chi connectivity index (χ1) is 8.09. The van der Waals surface area contributed by atoms with Crippen molar-refractivity contribution in [3.05, 3.63) is 51.5 Å². The molecule has 0 atom stereocenters. The van der Waals surface area contributed by atoms with Crippen LogP contribution in [0, 0.1) is 0 Å². The molecule has 1 radical (unpaired) electrons. The summed E-state index contributed by atoms with van der Waals surface area (Å²) in [6.07, 6.45) is 0. The van der Waals surface area contributed by atoms with Crippen LogP contribution < -0.4 is 3.61 Å². The second-order valence-corrected chi connectivity index (χ2v) is 6.73. The predicted molar refractivity (Wildman–Crippen MR) is 77.4 cm³/mol. The molecule has 0 spiro atoms. The minimum atomic E-state index is 0.416. The quantitative estimate of drug-likeness (QED) is 0.510. The van der Waals surface area contributed by atoms with Crippen LogP contribution in [0.2, 0.25) is 15.1 Å². The Bertz CT molecular complexity index is 543. The third-order valence-electron chi connectivity index (χ3n) is 2.05. The number of hydrogen-bond donors (Lipinski definition) is 0. The van der Waals surface area contributed by atoms with Crippen LogP contribution >= 0.6 is 46.6 Å². The Balaban J connectivity index is 2.43. The Kier molecular flexibility index (Phi) is 4.95. The Morgan fingerprint density at radius 1 is 0.941 bits per heavy atom. The Labute approximate surface area is 133 Å². The van der Waals surface area contributed by atoms with Crippen LogP contribution in [-0.4, -0.2) is 22.3 Å². The van der Waals surface area contributed by atoms with Crippen LogP contribution in [0.5, 0.6) is 0 Å². The van der Waals surface area contributed by atoms with E-state index >= 15 is 0 Å². The van der Waals surface area contributed by atoms with E-state index in [4.69, 9.17) is 34.8 Å². The number of benzene rings is 2. The molecule has 2 aromatic rings. The van der Waals surface area contributed by atoms with Gasteiger partial charge in [0.15, 0.2) is 0 Å². The third-order valence-corrected chi connectivity index (χ3v) is 5.88. The SMILES string of the molecule is Clc1cc([Te])c(Sc2ccccc2)c(Cl)c1Cl. The summed E-state index contributed by atoms with van der Waals surface area (Å²) < 4.78 is 1.04. The van der Waals surface area contributed by atoms with E-state index in [1.54, 1.807) is 11.8 Å². The Hall–Kier alpha value is 0.450. The van der Waals surface area contributed by atoms with Crippen LogP contribution in [-0.2, 0) is 0 Å². The van der Waals surface area contributed by atoms with Gasteiger partial charge < -0.3 is 0 Å². The van der Waals surface area contributed by atoms with E-state index in [1.807, 2.05) is 58.7 Å². The monoisotopic (exact) mass is 417 g/mol. The van der Waals surface area contributed by atoms with Gasteiger partial charge in [-0.2, -0.15) is 0 Å². The maximum absolute atomic E-state index is 6.22. The summed E-state index contributed by atoms with van der Waals surface area (Å²) in [5, 5.41) is 1.43. The normalized spacial score (nSPS) is 10.5. The summed E-state index contributed by atoms with van der Waals surface area (Å²) >= 11 is 21.7. The molecular formula is C12H6Cl3STe. The number of halogens is 3. The fourth-order valence-electron chi connectivity index (χ4n) is 1.26. The van der Waals surface area contributed by atoms with Crippen LogP contribution in [0.25, 0.3) is 0 Å². The average Bonchev–Trinajstić information content (AvgIpc) is 2.33. The first kappa shape index (κ1) is 13.9. The minimum absolute atomic E-state index is 0.416. The van der Waals surface area contributed by atoms with Crippen LogP contribution in [0.3, 0.4) is 0 Å². The van der Waals surface area contributed by atoms with E-state index in [2.05, 4.69) is 0 Å². The fraction of sp³-hybridized carbons (Fsp3) is 0. The maximum atomic E-state index is 6.22. The molecule has 0 saturated carbocycles. The van der Waals surface area contributed by atoms with Crippen LogP contribution in [0.1, 0.15) is 0 Å². The van der Waals surface area contributed by atoms with Crippen molar-refractivity contribution in [1.82, 2.24) is 0 Å². The zero-order valence-electron chi connectivity index (χ0n) is 8.41. The molecule has 2 aromatic carbocycles. The summed E-state index contributed by atoms with van der Waals surface area (Å²) in [7, 11) is 0. The molecule has 87 valence electrons. The van der Waals surface area contributed by atoms with Gasteiger partial charge in [-0.1, -0.05) is 0 Å². The second kappa shape index (κ2) is 6.06. The summed E-state index contributed by atoms with van der Waals surface area (Å²) in [5.41, 5.74) is 0. The van der Waals surface area contributed by atoms with Gasteiger partial charge in [0.2, 0.25) is 0 Å². The van der Waals surface area contributed by atoms with E-state index < -0.39 is 0 Å². The van der Waals surface area contributed by atoms with Gasteiger partial charge in [0, 0.05) is 0 Å². The van der Waals surface area contributed by atoms with Gasteiger partial charge in [-0.15, -0.1) is 0 Å². The fourth-order valence-corrected chi connectivity index (χ4v) is 4.28.